The van der Waals surface area contributed by atoms with Gasteiger partial charge in [0.15, 0.2) is 0 Å². The van der Waals surface area contributed by atoms with Gasteiger partial charge in [0.05, 0.1) is 5.41 Å². The Morgan fingerprint density at radius 1 is 0.500 bits per heavy atom. The van der Waals surface area contributed by atoms with Gasteiger partial charge in [0.2, 0.25) is 0 Å². The molecule has 15 rings (SSSR count). The van der Waals surface area contributed by atoms with Gasteiger partial charge in [-0.25, -0.2) is 0 Å². The van der Waals surface area contributed by atoms with Crippen LogP contribution < -0.4 is 4.90 Å². The van der Waals surface area contributed by atoms with Crippen LogP contribution in [0.5, 0.6) is 0 Å². The van der Waals surface area contributed by atoms with Gasteiger partial charge >= 0.3 is 0 Å². The second kappa shape index (κ2) is 16.8. The van der Waals surface area contributed by atoms with Gasteiger partial charge in [-0.1, -0.05) is 204 Å². The van der Waals surface area contributed by atoms with Crippen molar-refractivity contribution in [1.82, 2.24) is 0 Å². The van der Waals surface area contributed by atoms with E-state index in [1.54, 1.807) is 0 Å². The molecule has 1 nitrogen and oxygen atoms in total. The maximum atomic E-state index is 3.74. The topological polar surface area (TPSA) is 3.24 Å². The molecule has 2 heteroatoms. The standard InChI is InChI=1S/C74H55NS/c1-72(2)63-28-13-7-12-24-56(63)58-39-37-52(45-66(58)72)75(53-38-40-59-57-25-14-17-29-64(57)73(3,4)67(59)46-53)51-35-32-47(33-36-51)54-41-42-55(48-34-43-69-62(44-48)60-26-16-19-31-68(60)76-69)71-70(54)61-27-15-18-30-65(61)74(71,49-20-8-5-9-21-49)50-22-10-6-11-23-50/h5-6,8-10,12-20,22,24-46,49H,7,21H2,1-4H3. The van der Waals surface area contributed by atoms with Crippen LogP contribution in [0.2, 0.25) is 0 Å². The number of benzene rings is 8. The third kappa shape index (κ3) is 6.39. The number of anilines is 3. The molecule has 362 valence electrons. The number of fused-ring (bicyclic) bond motifs is 11. The van der Waals surface area contributed by atoms with E-state index in [9.17, 15) is 0 Å². The lowest BCUT2D eigenvalue weighted by Gasteiger charge is -2.40. The highest BCUT2D eigenvalue weighted by molar-refractivity contribution is 7.25. The Labute approximate surface area is 450 Å². The molecule has 0 saturated carbocycles. The van der Waals surface area contributed by atoms with E-state index in [0.717, 1.165) is 35.5 Å². The zero-order valence-corrected chi connectivity index (χ0v) is 44.1. The maximum absolute atomic E-state index is 3.74. The second-order valence-electron chi connectivity index (χ2n) is 22.4. The minimum Gasteiger partial charge on any atom is -0.310 e. The molecule has 0 spiro atoms. The highest BCUT2D eigenvalue weighted by Crippen LogP contribution is 2.62. The van der Waals surface area contributed by atoms with Crippen molar-refractivity contribution in [2.24, 2.45) is 5.92 Å². The molecule has 5 aliphatic rings. The van der Waals surface area contributed by atoms with Crippen molar-refractivity contribution in [3.8, 4) is 44.5 Å². The molecule has 2 atom stereocenters. The Bertz CT molecular complexity index is 4220. The quantitative estimate of drug-likeness (QED) is 0.154. The van der Waals surface area contributed by atoms with Crippen molar-refractivity contribution < 1.29 is 0 Å². The predicted molar refractivity (Wildman–Crippen MR) is 321 cm³/mol. The average molecular weight is 990 g/mol. The fourth-order valence-electron chi connectivity index (χ4n) is 14.2. The van der Waals surface area contributed by atoms with Gasteiger partial charge in [-0.05, 0) is 175 Å². The molecule has 0 aliphatic heterocycles. The fourth-order valence-corrected chi connectivity index (χ4v) is 15.3. The van der Waals surface area contributed by atoms with E-state index in [1.165, 1.54) is 109 Å². The van der Waals surface area contributed by atoms with Crippen LogP contribution in [0.25, 0.3) is 70.3 Å². The summed E-state index contributed by atoms with van der Waals surface area (Å²) in [6, 6.07) is 76.4. The van der Waals surface area contributed by atoms with Crippen molar-refractivity contribution in [2.75, 3.05) is 4.90 Å². The maximum Gasteiger partial charge on any atom is 0.0614 e. The number of nitrogens with zero attached hydrogens (tertiary/aromatic N) is 1. The van der Waals surface area contributed by atoms with Crippen molar-refractivity contribution >= 4 is 54.1 Å². The molecular weight excluding hydrogens is 935 g/mol. The van der Waals surface area contributed by atoms with Crippen LogP contribution in [0.15, 0.2) is 236 Å². The summed E-state index contributed by atoms with van der Waals surface area (Å²) >= 11 is 1.88. The van der Waals surface area contributed by atoms with Gasteiger partial charge in [-0.2, -0.15) is 0 Å². The van der Waals surface area contributed by atoms with Crippen molar-refractivity contribution in [3.05, 3.63) is 287 Å². The first-order chi connectivity index (χ1) is 37.2. The normalized spacial score (nSPS) is 18.7. The second-order valence-corrected chi connectivity index (χ2v) is 23.5. The summed E-state index contributed by atoms with van der Waals surface area (Å²) in [5.74, 6) is 0.141. The highest BCUT2D eigenvalue weighted by Gasteiger charge is 2.52. The third-order valence-corrected chi connectivity index (χ3v) is 19.0. The Morgan fingerprint density at radius 3 is 1.97 bits per heavy atom. The molecule has 0 radical (unpaired) electrons. The van der Waals surface area contributed by atoms with Crippen LogP contribution in [0, 0.1) is 18.1 Å². The molecule has 1 aromatic heterocycles. The molecule has 10 aromatic rings. The summed E-state index contributed by atoms with van der Waals surface area (Å²) in [6.45, 7) is 9.55. The molecule has 5 aliphatic carbocycles. The van der Waals surface area contributed by atoms with Gasteiger partial charge < -0.3 is 4.90 Å². The molecular formula is C74H55NS. The minimum absolute atomic E-state index is 0.141. The Morgan fingerprint density at radius 2 is 1.17 bits per heavy atom. The van der Waals surface area contributed by atoms with Gasteiger partial charge in [-0.3, -0.25) is 0 Å². The summed E-state index contributed by atoms with van der Waals surface area (Å²) in [4.78, 5) is 2.50. The van der Waals surface area contributed by atoms with Crippen LogP contribution >= 0.6 is 11.3 Å². The monoisotopic (exact) mass is 989 g/mol. The van der Waals surface area contributed by atoms with E-state index in [-0.39, 0.29) is 16.7 Å². The minimum atomic E-state index is -0.542. The largest absolute Gasteiger partial charge is 0.310 e. The lowest BCUT2D eigenvalue weighted by atomic mass is 9.61. The van der Waals surface area contributed by atoms with Crippen LogP contribution in [0.1, 0.15) is 79.5 Å². The molecule has 2 unspecified atom stereocenters. The van der Waals surface area contributed by atoms with Gasteiger partial charge in [-0.15, -0.1) is 11.3 Å². The first-order valence-electron chi connectivity index (χ1n) is 27.0. The molecule has 9 aromatic carbocycles. The molecule has 0 bridgehead atoms. The van der Waals surface area contributed by atoms with Crippen LogP contribution in [0.3, 0.4) is 0 Å². The van der Waals surface area contributed by atoms with E-state index in [4.69, 9.17) is 0 Å². The Hall–Kier alpha value is -8.48. The summed E-state index contributed by atoms with van der Waals surface area (Å²) in [7, 11) is 0. The summed E-state index contributed by atoms with van der Waals surface area (Å²) < 4.78 is 2.63. The van der Waals surface area contributed by atoms with Crippen molar-refractivity contribution in [2.45, 2.75) is 56.8 Å². The zero-order chi connectivity index (χ0) is 50.9. The summed E-state index contributed by atoms with van der Waals surface area (Å²) in [6.07, 6.45) is 20.4. The molecule has 1 heterocycles. The zero-order valence-electron chi connectivity index (χ0n) is 43.3. The SMILES string of the molecule is CC1(C)C2=C(C=CCC=C2)c2ccc(N(c3ccc(-c4ccc(-c5ccc6sc7ccccc7c6c5)c5c4-c4ccccc4C5(c4c#cccc4)C4C=CC=CC4)cc3)c3ccc4c(c3)C(C)(C)c3ccccc3-4)cc21. The van der Waals surface area contributed by atoms with Crippen LogP contribution in [-0.2, 0) is 16.2 Å². The molecule has 0 saturated heterocycles. The van der Waals surface area contributed by atoms with Crippen molar-refractivity contribution in [3.63, 3.8) is 0 Å². The first-order valence-corrected chi connectivity index (χ1v) is 27.8. The highest BCUT2D eigenvalue weighted by atomic mass is 32.1. The molecule has 0 amide bonds. The summed E-state index contributed by atoms with van der Waals surface area (Å²) in [5.41, 5.74) is 24.7. The van der Waals surface area contributed by atoms with Gasteiger partial charge in [0.25, 0.3) is 0 Å². The summed E-state index contributed by atoms with van der Waals surface area (Å²) in [5, 5.41) is 2.62. The van der Waals surface area contributed by atoms with E-state index in [2.05, 4.69) is 269 Å². The Kier molecular flexibility index (Phi) is 9.92. The first kappa shape index (κ1) is 45.0. The lowest BCUT2D eigenvalue weighted by molar-refractivity contribution is 0.458. The van der Waals surface area contributed by atoms with E-state index in [0.29, 0.717) is 0 Å². The van der Waals surface area contributed by atoms with E-state index >= 15 is 0 Å². The smallest absolute Gasteiger partial charge is 0.0614 e. The number of rotatable bonds is 7. The molecule has 0 fully saturated rings. The number of allylic oxidation sites excluding steroid dienone is 10. The number of hydrogen-bond acceptors (Lipinski definition) is 2. The number of hydrogen-bond donors (Lipinski definition) is 0. The van der Waals surface area contributed by atoms with Gasteiger partial charge in [0, 0.05) is 53.6 Å². The fraction of sp³-hybridized carbons (Fsp3) is 0.135. The van der Waals surface area contributed by atoms with Crippen LogP contribution in [-0.4, -0.2) is 0 Å². The van der Waals surface area contributed by atoms with Crippen molar-refractivity contribution in [1.29, 1.82) is 0 Å². The Balaban J connectivity index is 0.936. The predicted octanol–water partition coefficient (Wildman–Crippen LogP) is 19.8. The van der Waals surface area contributed by atoms with E-state index < -0.39 is 5.41 Å². The molecule has 76 heavy (non-hydrogen) atoms. The average Bonchev–Trinajstić information content (AvgIpc) is 4.27. The van der Waals surface area contributed by atoms with Crippen LogP contribution in [0.4, 0.5) is 17.1 Å². The molecule has 0 N–H and O–H groups in total. The lowest BCUT2D eigenvalue weighted by Crippen LogP contribution is -2.36. The van der Waals surface area contributed by atoms with Gasteiger partial charge in [0.1, 0.15) is 0 Å². The van der Waals surface area contributed by atoms with E-state index in [1.807, 2.05) is 17.4 Å². The third-order valence-electron chi connectivity index (χ3n) is 17.8. The number of thiophene rings is 1.